The molecule has 1 aliphatic heterocycles. The largest absolute Gasteiger partial charge is 0.375 e. The highest BCUT2D eigenvalue weighted by Gasteiger charge is 2.30. The van der Waals surface area contributed by atoms with Crippen molar-refractivity contribution in [3.05, 3.63) is 35.9 Å². The second-order valence-corrected chi connectivity index (χ2v) is 6.87. The molecule has 1 aliphatic rings. The van der Waals surface area contributed by atoms with E-state index in [1.807, 2.05) is 13.0 Å². The summed E-state index contributed by atoms with van der Waals surface area (Å²) in [5, 5.41) is 6.36. The highest BCUT2D eigenvalue weighted by molar-refractivity contribution is 5.85. The molecule has 3 atom stereocenters. The molecule has 1 aromatic rings. The molecule has 23 heavy (non-hydrogen) atoms. The number of morpholine rings is 1. The van der Waals surface area contributed by atoms with E-state index in [1.165, 1.54) is 5.56 Å². The van der Waals surface area contributed by atoms with Gasteiger partial charge in [-0.1, -0.05) is 44.2 Å². The summed E-state index contributed by atoms with van der Waals surface area (Å²) in [5.41, 5.74) is 1.32. The Hall–Kier alpha value is -1.10. The van der Waals surface area contributed by atoms with Gasteiger partial charge in [-0.2, -0.15) is 0 Å². The molecule has 1 amide bonds. The number of amides is 1. The Kier molecular flexibility index (Phi) is 7.52. The van der Waals surface area contributed by atoms with Crippen LogP contribution in [0, 0.1) is 0 Å². The van der Waals surface area contributed by atoms with Crippen LogP contribution in [-0.4, -0.2) is 37.2 Å². The minimum atomic E-state index is -0.254. The zero-order valence-corrected chi connectivity index (χ0v) is 15.3. The standard InChI is InChI=1S/C18H28N2O2.ClH/c1-13(12-18(3,4)15-8-6-5-7-9-15)20-17(21)16-14(2)22-11-10-19-16;/h5-9,13-14,16,19H,10-12H2,1-4H3,(H,20,21);1H/t13?,14-,16+;/m1./s1. The third-order valence-electron chi connectivity index (χ3n) is 4.36. The van der Waals surface area contributed by atoms with Crippen molar-refractivity contribution in [1.82, 2.24) is 10.6 Å². The van der Waals surface area contributed by atoms with Crippen molar-refractivity contribution in [2.45, 2.75) is 57.7 Å². The lowest BCUT2D eigenvalue weighted by Gasteiger charge is -2.32. The van der Waals surface area contributed by atoms with Gasteiger partial charge in [-0.15, -0.1) is 12.4 Å². The van der Waals surface area contributed by atoms with Gasteiger partial charge in [0.2, 0.25) is 5.91 Å². The second-order valence-electron chi connectivity index (χ2n) is 6.87. The van der Waals surface area contributed by atoms with Crippen molar-refractivity contribution in [3.8, 4) is 0 Å². The van der Waals surface area contributed by atoms with Gasteiger partial charge in [0.05, 0.1) is 12.7 Å². The maximum absolute atomic E-state index is 12.4. The number of hydrogen-bond donors (Lipinski definition) is 2. The van der Waals surface area contributed by atoms with Gasteiger partial charge in [0.25, 0.3) is 0 Å². The van der Waals surface area contributed by atoms with Crippen LogP contribution in [0.4, 0.5) is 0 Å². The molecule has 1 unspecified atom stereocenters. The molecule has 0 bridgehead atoms. The molecule has 130 valence electrons. The summed E-state index contributed by atoms with van der Waals surface area (Å²) in [4.78, 5) is 12.4. The monoisotopic (exact) mass is 340 g/mol. The van der Waals surface area contributed by atoms with Crippen LogP contribution in [0.3, 0.4) is 0 Å². The quantitative estimate of drug-likeness (QED) is 0.866. The first-order valence-electron chi connectivity index (χ1n) is 8.11. The summed E-state index contributed by atoms with van der Waals surface area (Å²) in [7, 11) is 0. The van der Waals surface area contributed by atoms with Crippen molar-refractivity contribution in [2.75, 3.05) is 13.2 Å². The van der Waals surface area contributed by atoms with Crippen LogP contribution in [0.2, 0.25) is 0 Å². The lowest BCUT2D eigenvalue weighted by Crippen LogP contribution is -2.57. The van der Waals surface area contributed by atoms with E-state index < -0.39 is 0 Å². The normalized spacial score (nSPS) is 22.8. The zero-order valence-electron chi connectivity index (χ0n) is 14.5. The van der Waals surface area contributed by atoms with Gasteiger partial charge >= 0.3 is 0 Å². The summed E-state index contributed by atoms with van der Waals surface area (Å²) in [5.74, 6) is 0.0311. The fourth-order valence-corrected chi connectivity index (χ4v) is 3.18. The molecular formula is C18H29ClN2O2. The predicted molar refractivity (Wildman–Crippen MR) is 96.1 cm³/mol. The number of carbonyl (C=O) groups is 1. The first kappa shape index (κ1) is 19.9. The average Bonchev–Trinajstić information content (AvgIpc) is 2.47. The van der Waals surface area contributed by atoms with Crippen LogP contribution in [0.1, 0.15) is 39.7 Å². The molecule has 0 aliphatic carbocycles. The molecule has 2 rings (SSSR count). The highest BCUT2D eigenvalue weighted by atomic mass is 35.5. The third-order valence-corrected chi connectivity index (χ3v) is 4.36. The smallest absolute Gasteiger partial charge is 0.240 e. The maximum Gasteiger partial charge on any atom is 0.240 e. The Labute approximate surface area is 145 Å². The Balaban J connectivity index is 0.00000264. The number of nitrogens with one attached hydrogen (secondary N) is 2. The first-order chi connectivity index (χ1) is 10.4. The molecule has 1 heterocycles. The molecule has 0 spiro atoms. The summed E-state index contributed by atoms with van der Waals surface area (Å²) in [6, 6.07) is 10.3. The van der Waals surface area contributed by atoms with Crippen LogP contribution in [0.25, 0.3) is 0 Å². The summed E-state index contributed by atoms with van der Waals surface area (Å²) >= 11 is 0. The Morgan fingerprint density at radius 1 is 1.39 bits per heavy atom. The van der Waals surface area contributed by atoms with E-state index in [2.05, 4.69) is 55.7 Å². The van der Waals surface area contributed by atoms with E-state index in [0.717, 1.165) is 13.0 Å². The van der Waals surface area contributed by atoms with Gasteiger partial charge in [0.15, 0.2) is 0 Å². The van der Waals surface area contributed by atoms with Crippen LogP contribution in [0.15, 0.2) is 30.3 Å². The van der Waals surface area contributed by atoms with Gasteiger partial charge in [-0.05, 0) is 31.2 Å². The lowest BCUT2D eigenvalue weighted by atomic mass is 9.79. The van der Waals surface area contributed by atoms with E-state index in [9.17, 15) is 4.79 Å². The fraction of sp³-hybridized carbons (Fsp3) is 0.611. The molecule has 0 aromatic heterocycles. The minimum absolute atomic E-state index is 0. The Morgan fingerprint density at radius 3 is 2.65 bits per heavy atom. The van der Waals surface area contributed by atoms with E-state index in [-0.39, 0.29) is 41.9 Å². The molecule has 5 heteroatoms. The number of carbonyl (C=O) groups excluding carboxylic acids is 1. The summed E-state index contributed by atoms with van der Waals surface area (Å²) in [6.07, 6.45) is 0.813. The van der Waals surface area contributed by atoms with Crippen molar-refractivity contribution in [2.24, 2.45) is 0 Å². The van der Waals surface area contributed by atoms with Crippen LogP contribution in [0.5, 0.6) is 0 Å². The third kappa shape index (κ3) is 5.48. The molecular weight excluding hydrogens is 312 g/mol. The van der Waals surface area contributed by atoms with Gasteiger partial charge in [-0.3, -0.25) is 4.79 Å². The number of benzene rings is 1. The molecule has 1 fully saturated rings. The van der Waals surface area contributed by atoms with Crippen LogP contribution in [-0.2, 0) is 14.9 Å². The molecule has 1 saturated heterocycles. The highest BCUT2D eigenvalue weighted by Crippen LogP contribution is 2.28. The van der Waals surface area contributed by atoms with E-state index in [1.54, 1.807) is 0 Å². The average molecular weight is 341 g/mol. The number of hydrogen-bond acceptors (Lipinski definition) is 3. The summed E-state index contributed by atoms with van der Waals surface area (Å²) in [6.45, 7) is 9.84. The number of rotatable bonds is 5. The minimum Gasteiger partial charge on any atom is -0.375 e. The van der Waals surface area contributed by atoms with Gasteiger partial charge in [-0.25, -0.2) is 0 Å². The number of ether oxygens (including phenoxy) is 1. The molecule has 1 aromatic carbocycles. The summed E-state index contributed by atoms with van der Waals surface area (Å²) < 4.78 is 5.54. The van der Waals surface area contributed by atoms with Gasteiger partial charge < -0.3 is 15.4 Å². The lowest BCUT2D eigenvalue weighted by molar-refractivity contribution is -0.129. The topological polar surface area (TPSA) is 50.4 Å². The number of halogens is 1. The van der Waals surface area contributed by atoms with E-state index >= 15 is 0 Å². The SMILES string of the molecule is CC(CC(C)(C)c1ccccc1)NC(=O)[C@H]1NCCO[C@@H]1C.Cl. The fourth-order valence-electron chi connectivity index (χ4n) is 3.18. The second kappa shape index (κ2) is 8.67. The van der Waals surface area contributed by atoms with E-state index in [4.69, 9.17) is 4.74 Å². The van der Waals surface area contributed by atoms with Crippen LogP contribution >= 0.6 is 12.4 Å². The maximum atomic E-state index is 12.4. The predicted octanol–water partition coefficient (Wildman–Crippen LogP) is 2.66. The Morgan fingerprint density at radius 2 is 2.04 bits per heavy atom. The molecule has 2 N–H and O–H groups in total. The first-order valence-corrected chi connectivity index (χ1v) is 8.11. The van der Waals surface area contributed by atoms with Crippen molar-refractivity contribution >= 4 is 18.3 Å². The van der Waals surface area contributed by atoms with Crippen molar-refractivity contribution in [3.63, 3.8) is 0 Å². The molecule has 0 radical (unpaired) electrons. The molecule has 4 nitrogen and oxygen atoms in total. The van der Waals surface area contributed by atoms with E-state index in [0.29, 0.717) is 6.61 Å². The zero-order chi connectivity index (χ0) is 16.2. The van der Waals surface area contributed by atoms with Crippen molar-refractivity contribution in [1.29, 1.82) is 0 Å². The van der Waals surface area contributed by atoms with Gasteiger partial charge in [0.1, 0.15) is 6.04 Å². The van der Waals surface area contributed by atoms with Gasteiger partial charge in [0, 0.05) is 12.6 Å². The Bertz CT molecular complexity index is 493. The van der Waals surface area contributed by atoms with Crippen LogP contribution < -0.4 is 10.6 Å². The molecule has 0 saturated carbocycles. The van der Waals surface area contributed by atoms with Crippen molar-refractivity contribution < 1.29 is 9.53 Å².